The number of aromatic nitrogens is 2. The molecule has 1 aromatic heterocycles. The molecule has 0 saturated carbocycles. The molecule has 0 atom stereocenters. The number of thioether (sulfide) groups is 1. The van der Waals surface area contributed by atoms with Crippen LogP contribution >= 0.6 is 11.8 Å². The number of fused-ring (bicyclic) bond motifs is 1. The van der Waals surface area contributed by atoms with Gasteiger partial charge in [-0.25, -0.2) is 4.98 Å². The van der Waals surface area contributed by atoms with Crippen molar-refractivity contribution >= 4 is 40.2 Å². The summed E-state index contributed by atoms with van der Waals surface area (Å²) in [7, 11) is 1.54. The second-order valence-corrected chi connectivity index (χ2v) is 9.21. The van der Waals surface area contributed by atoms with Gasteiger partial charge in [0.2, 0.25) is 11.8 Å². The third-order valence-corrected chi connectivity index (χ3v) is 6.63. The standard InChI is InChI=1S/C28H28N4O4S/c1-36-24-15-8-7-14-23(24)30-26(34)19-37-28-31-22-13-6-5-12-21(22)27(35)32(28)17-9-16-25(33)29-18-20-10-3-2-4-11-20/h2-8,10-15H,9,16-19H2,1H3,(H,29,33)(H,30,34). The van der Waals surface area contributed by atoms with Crippen LogP contribution in [0.1, 0.15) is 18.4 Å². The highest BCUT2D eigenvalue weighted by molar-refractivity contribution is 7.99. The zero-order valence-corrected chi connectivity index (χ0v) is 21.3. The van der Waals surface area contributed by atoms with Gasteiger partial charge in [0.1, 0.15) is 5.75 Å². The van der Waals surface area contributed by atoms with E-state index in [0.717, 1.165) is 5.56 Å². The van der Waals surface area contributed by atoms with Crippen molar-refractivity contribution in [2.75, 3.05) is 18.2 Å². The number of hydrogen-bond acceptors (Lipinski definition) is 6. The number of ether oxygens (including phenoxy) is 1. The molecule has 0 aliphatic carbocycles. The Labute approximate surface area is 219 Å². The van der Waals surface area contributed by atoms with Gasteiger partial charge >= 0.3 is 0 Å². The van der Waals surface area contributed by atoms with Crippen molar-refractivity contribution in [3.63, 3.8) is 0 Å². The van der Waals surface area contributed by atoms with Gasteiger partial charge in [-0.1, -0.05) is 66.4 Å². The predicted octanol–water partition coefficient (Wildman–Crippen LogP) is 4.23. The van der Waals surface area contributed by atoms with Crippen LogP contribution in [0.4, 0.5) is 5.69 Å². The number of para-hydroxylation sites is 3. The van der Waals surface area contributed by atoms with Crippen LogP contribution in [0.2, 0.25) is 0 Å². The average Bonchev–Trinajstić information content (AvgIpc) is 2.93. The Morgan fingerprint density at radius 1 is 0.946 bits per heavy atom. The first kappa shape index (κ1) is 26.0. The molecule has 0 bridgehead atoms. The molecular formula is C28H28N4O4S. The number of carbonyl (C=O) groups is 2. The van der Waals surface area contributed by atoms with Gasteiger partial charge in [0, 0.05) is 19.5 Å². The summed E-state index contributed by atoms with van der Waals surface area (Å²) < 4.78 is 6.84. The van der Waals surface area contributed by atoms with Gasteiger partial charge in [-0.2, -0.15) is 0 Å². The van der Waals surface area contributed by atoms with Gasteiger partial charge in [-0.15, -0.1) is 0 Å². The molecule has 190 valence electrons. The van der Waals surface area contributed by atoms with E-state index in [-0.39, 0.29) is 29.5 Å². The van der Waals surface area contributed by atoms with Crippen LogP contribution in [-0.2, 0) is 22.7 Å². The number of nitrogens with zero attached hydrogens (tertiary/aromatic N) is 2. The summed E-state index contributed by atoms with van der Waals surface area (Å²) in [5.74, 6) is 0.285. The molecule has 3 aromatic carbocycles. The first-order chi connectivity index (χ1) is 18.0. The Bertz CT molecular complexity index is 1440. The molecule has 2 N–H and O–H groups in total. The van der Waals surface area contributed by atoms with E-state index < -0.39 is 0 Å². The average molecular weight is 517 g/mol. The summed E-state index contributed by atoms with van der Waals surface area (Å²) in [5.41, 5.74) is 1.97. The number of rotatable bonds is 11. The van der Waals surface area contributed by atoms with E-state index in [1.54, 1.807) is 42.0 Å². The van der Waals surface area contributed by atoms with E-state index in [1.807, 2.05) is 48.5 Å². The molecule has 0 aliphatic rings. The molecule has 4 rings (SSSR count). The Kier molecular flexibility index (Phi) is 8.93. The molecule has 0 radical (unpaired) electrons. The van der Waals surface area contributed by atoms with Gasteiger partial charge in [-0.3, -0.25) is 19.0 Å². The largest absolute Gasteiger partial charge is 0.495 e. The maximum absolute atomic E-state index is 13.2. The topological polar surface area (TPSA) is 102 Å². The van der Waals surface area contributed by atoms with Crippen LogP contribution in [0, 0.1) is 0 Å². The number of methoxy groups -OCH3 is 1. The summed E-state index contributed by atoms with van der Waals surface area (Å²) in [6.07, 6.45) is 0.728. The van der Waals surface area contributed by atoms with Crippen LogP contribution in [0.25, 0.3) is 10.9 Å². The molecular weight excluding hydrogens is 488 g/mol. The smallest absolute Gasteiger partial charge is 0.262 e. The first-order valence-electron chi connectivity index (χ1n) is 11.9. The van der Waals surface area contributed by atoms with Gasteiger partial charge in [0.15, 0.2) is 5.16 Å². The van der Waals surface area contributed by atoms with Crippen LogP contribution in [0.15, 0.2) is 88.8 Å². The lowest BCUT2D eigenvalue weighted by Crippen LogP contribution is -2.26. The van der Waals surface area contributed by atoms with Crippen LogP contribution in [-0.4, -0.2) is 34.2 Å². The van der Waals surface area contributed by atoms with Crippen molar-refractivity contribution in [2.45, 2.75) is 31.1 Å². The zero-order valence-electron chi connectivity index (χ0n) is 20.5. The zero-order chi connectivity index (χ0) is 26.0. The Hall–Kier alpha value is -4.11. The van der Waals surface area contributed by atoms with E-state index in [4.69, 9.17) is 4.74 Å². The van der Waals surface area contributed by atoms with E-state index in [9.17, 15) is 14.4 Å². The summed E-state index contributed by atoms with van der Waals surface area (Å²) >= 11 is 1.18. The van der Waals surface area contributed by atoms with Crippen molar-refractivity contribution in [3.05, 3.63) is 94.8 Å². The lowest BCUT2D eigenvalue weighted by Gasteiger charge is -2.14. The fourth-order valence-electron chi connectivity index (χ4n) is 3.80. The molecule has 8 nitrogen and oxygen atoms in total. The maximum atomic E-state index is 13.2. The Balaban J connectivity index is 1.42. The summed E-state index contributed by atoms with van der Waals surface area (Å²) in [6, 6.07) is 24.0. The molecule has 0 unspecified atom stereocenters. The van der Waals surface area contributed by atoms with Crippen molar-refractivity contribution in [1.82, 2.24) is 14.9 Å². The Morgan fingerprint density at radius 2 is 1.68 bits per heavy atom. The fourth-order valence-corrected chi connectivity index (χ4v) is 4.63. The summed E-state index contributed by atoms with van der Waals surface area (Å²) in [6.45, 7) is 0.769. The Morgan fingerprint density at radius 3 is 2.49 bits per heavy atom. The minimum Gasteiger partial charge on any atom is -0.495 e. The van der Waals surface area contributed by atoms with E-state index in [1.165, 1.54) is 11.8 Å². The highest BCUT2D eigenvalue weighted by Crippen LogP contribution is 2.24. The third kappa shape index (κ3) is 6.98. The SMILES string of the molecule is COc1ccccc1NC(=O)CSc1nc2ccccc2c(=O)n1CCCC(=O)NCc1ccccc1. The molecule has 0 fully saturated rings. The second-order valence-electron chi connectivity index (χ2n) is 8.27. The van der Waals surface area contributed by atoms with Gasteiger partial charge in [0.25, 0.3) is 5.56 Å². The van der Waals surface area contributed by atoms with E-state index in [0.29, 0.717) is 47.0 Å². The monoisotopic (exact) mass is 516 g/mol. The van der Waals surface area contributed by atoms with Crippen molar-refractivity contribution in [2.24, 2.45) is 0 Å². The molecule has 37 heavy (non-hydrogen) atoms. The molecule has 2 amide bonds. The first-order valence-corrected chi connectivity index (χ1v) is 12.9. The number of amides is 2. The number of nitrogens with one attached hydrogen (secondary N) is 2. The lowest BCUT2D eigenvalue weighted by molar-refractivity contribution is -0.121. The molecule has 1 heterocycles. The molecule has 4 aromatic rings. The minimum atomic E-state index is -0.247. The van der Waals surface area contributed by atoms with Crippen molar-refractivity contribution in [3.8, 4) is 5.75 Å². The normalized spacial score (nSPS) is 10.7. The number of anilines is 1. The molecule has 0 spiro atoms. The lowest BCUT2D eigenvalue weighted by atomic mass is 10.2. The third-order valence-electron chi connectivity index (χ3n) is 5.66. The summed E-state index contributed by atoms with van der Waals surface area (Å²) in [4.78, 5) is 42.9. The minimum absolute atomic E-state index is 0.0559. The van der Waals surface area contributed by atoms with Gasteiger partial charge in [0.05, 0.1) is 29.5 Å². The molecule has 0 aliphatic heterocycles. The highest BCUT2D eigenvalue weighted by atomic mass is 32.2. The number of hydrogen-bond donors (Lipinski definition) is 2. The maximum Gasteiger partial charge on any atom is 0.262 e. The summed E-state index contributed by atoms with van der Waals surface area (Å²) in [5, 5.41) is 6.67. The molecule has 0 saturated heterocycles. The van der Waals surface area contributed by atoms with Crippen LogP contribution < -0.4 is 20.9 Å². The fraction of sp³-hybridized carbons (Fsp3) is 0.214. The number of carbonyl (C=O) groups excluding carboxylic acids is 2. The molecule has 9 heteroatoms. The quantitative estimate of drug-likeness (QED) is 0.228. The van der Waals surface area contributed by atoms with Crippen LogP contribution in [0.3, 0.4) is 0 Å². The van der Waals surface area contributed by atoms with Gasteiger partial charge in [-0.05, 0) is 36.2 Å². The van der Waals surface area contributed by atoms with Crippen molar-refractivity contribution in [1.29, 1.82) is 0 Å². The van der Waals surface area contributed by atoms with Gasteiger partial charge < -0.3 is 15.4 Å². The van der Waals surface area contributed by atoms with Crippen LogP contribution in [0.5, 0.6) is 5.75 Å². The highest BCUT2D eigenvalue weighted by Gasteiger charge is 2.15. The van der Waals surface area contributed by atoms with E-state index in [2.05, 4.69) is 15.6 Å². The van der Waals surface area contributed by atoms with E-state index >= 15 is 0 Å². The number of benzene rings is 3. The second kappa shape index (κ2) is 12.7. The van der Waals surface area contributed by atoms with Crippen molar-refractivity contribution < 1.29 is 14.3 Å². The predicted molar refractivity (Wildman–Crippen MR) is 146 cm³/mol.